The van der Waals surface area contributed by atoms with E-state index in [1.807, 2.05) is 17.0 Å². The fraction of sp³-hybridized carbons (Fsp3) is 0.320. The summed E-state index contributed by atoms with van der Waals surface area (Å²) in [5.41, 5.74) is 4.56. The first-order valence-corrected chi connectivity index (χ1v) is 11.2. The highest BCUT2D eigenvalue weighted by Gasteiger charge is 2.49. The highest BCUT2D eigenvalue weighted by molar-refractivity contribution is 5.96. The number of rotatable bonds is 3. The van der Waals surface area contributed by atoms with Gasteiger partial charge in [-0.25, -0.2) is 9.97 Å². The summed E-state index contributed by atoms with van der Waals surface area (Å²) < 4.78 is 11.0. The zero-order chi connectivity index (χ0) is 23.1. The van der Waals surface area contributed by atoms with Gasteiger partial charge in [0.1, 0.15) is 0 Å². The molecule has 170 valence electrons. The molecule has 5 heterocycles. The molecule has 0 atom stereocenters. The molecule has 1 amide bonds. The lowest BCUT2D eigenvalue weighted by Gasteiger charge is -2.38. The molecular formula is C25H22N6O3. The van der Waals surface area contributed by atoms with E-state index in [4.69, 9.17) is 14.7 Å². The lowest BCUT2D eigenvalue weighted by atomic mass is 9.80. The van der Waals surface area contributed by atoms with Gasteiger partial charge in [-0.05, 0) is 29.8 Å². The molecule has 0 aliphatic carbocycles. The molecular weight excluding hydrogens is 432 g/mol. The highest BCUT2D eigenvalue weighted by atomic mass is 16.5. The number of nitriles is 1. The molecule has 0 radical (unpaired) electrons. The molecule has 9 heteroatoms. The van der Waals surface area contributed by atoms with Crippen LogP contribution in [0.4, 0.5) is 11.6 Å². The Bertz CT molecular complexity index is 1290. The van der Waals surface area contributed by atoms with Crippen molar-refractivity contribution in [3.63, 3.8) is 0 Å². The van der Waals surface area contributed by atoms with Gasteiger partial charge in [-0.15, -0.1) is 0 Å². The van der Waals surface area contributed by atoms with Crippen LogP contribution in [0.5, 0.6) is 0 Å². The maximum atomic E-state index is 13.1. The van der Waals surface area contributed by atoms with Crippen LogP contribution in [0.15, 0.2) is 48.9 Å². The largest absolute Gasteiger partial charge is 0.379 e. The third kappa shape index (κ3) is 3.39. The molecule has 2 aromatic heterocycles. The first-order valence-electron chi connectivity index (χ1n) is 11.2. The molecule has 2 fully saturated rings. The zero-order valence-electron chi connectivity index (χ0n) is 18.5. The third-order valence-electron chi connectivity index (χ3n) is 6.69. The van der Waals surface area contributed by atoms with Crippen molar-refractivity contribution >= 4 is 17.5 Å². The molecule has 9 nitrogen and oxygen atoms in total. The fourth-order valence-electron chi connectivity index (χ4n) is 4.78. The predicted molar refractivity (Wildman–Crippen MR) is 123 cm³/mol. The fourth-order valence-corrected chi connectivity index (χ4v) is 4.78. The Kier molecular flexibility index (Phi) is 4.98. The van der Waals surface area contributed by atoms with Crippen LogP contribution in [0.3, 0.4) is 0 Å². The van der Waals surface area contributed by atoms with Gasteiger partial charge in [-0.3, -0.25) is 9.78 Å². The van der Waals surface area contributed by atoms with Crippen LogP contribution in [-0.4, -0.2) is 71.8 Å². The van der Waals surface area contributed by atoms with E-state index in [0.717, 1.165) is 16.8 Å². The van der Waals surface area contributed by atoms with Gasteiger partial charge < -0.3 is 19.3 Å². The summed E-state index contributed by atoms with van der Waals surface area (Å²) in [5, 5.41) is 9.15. The topological polar surface area (TPSA) is 104 Å². The summed E-state index contributed by atoms with van der Waals surface area (Å²) in [7, 11) is 0. The molecule has 0 bridgehead atoms. The number of ether oxygens (including phenoxy) is 2. The number of anilines is 2. The number of carbonyl (C=O) groups is 1. The normalized spacial score (nSPS) is 18.3. The van der Waals surface area contributed by atoms with Crippen LogP contribution in [0.25, 0.3) is 11.3 Å². The molecule has 1 aromatic carbocycles. The van der Waals surface area contributed by atoms with Crippen LogP contribution in [0.2, 0.25) is 0 Å². The van der Waals surface area contributed by atoms with E-state index in [9.17, 15) is 4.79 Å². The van der Waals surface area contributed by atoms with E-state index in [1.54, 1.807) is 30.7 Å². The Morgan fingerprint density at radius 2 is 1.82 bits per heavy atom. The van der Waals surface area contributed by atoms with Crippen molar-refractivity contribution in [2.45, 2.75) is 5.41 Å². The molecule has 0 saturated carbocycles. The highest BCUT2D eigenvalue weighted by Crippen LogP contribution is 2.47. The van der Waals surface area contributed by atoms with Gasteiger partial charge in [0.15, 0.2) is 0 Å². The zero-order valence-corrected chi connectivity index (χ0v) is 18.5. The van der Waals surface area contributed by atoms with E-state index in [1.165, 1.54) is 0 Å². The van der Waals surface area contributed by atoms with Crippen molar-refractivity contribution < 1.29 is 14.3 Å². The summed E-state index contributed by atoms with van der Waals surface area (Å²) in [5.74, 6) is 0.567. The maximum Gasteiger partial charge on any atom is 0.254 e. The quantitative estimate of drug-likeness (QED) is 0.594. The van der Waals surface area contributed by atoms with E-state index in [2.05, 4.69) is 32.0 Å². The van der Waals surface area contributed by atoms with Crippen molar-refractivity contribution in [3.05, 3.63) is 65.6 Å². The molecule has 3 aliphatic heterocycles. The standard InChI is InChI=1S/C25H22N6O3/c26-11-17-3-4-27-21(9-17)19-12-28-24(29-13-19)31-14-25(15-34-16-25)20-2-1-18(10-22(20)31)23(32)30-5-7-33-8-6-30/h1-4,9-10,12-13H,5-8,14-16H2. The van der Waals surface area contributed by atoms with Crippen LogP contribution in [0.1, 0.15) is 21.5 Å². The van der Waals surface area contributed by atoms with Gasteiger partial charge in [0.25, 0.3) is 5.91 Å². The van der Waals surface area contributed by atoms with E-state index in [-0.39, 0.29) is 11.3 Å². The van der Waals surface area contributed by atoms with Gasteiger partial charge in [0.2, 0.25) is 5.95 Å². The minimum Gasteiger partial charge on any atom is -0.379 e. The molecule has 0 unspecified atom stereocenters. The minimum atomic E-state index is -0.111. The molecule has 6 rings (SSSR count). The number of aromatic nitrogens is 3. The molecule has 3 aliphatic rings. The number of hydrogen-bond acceptors (Lipinski definition) is 8. The van der Waals surface area contributed by atoms with Crippen LogP contribution >= 0.6 is 0 Å². The second kappa shape index (κ2) is 8.17. The lowest BCUT2D eigenvalue weighted by molar-refractivity contribution is -0.0507. The van der Waals surface area contributed by atoms with Gasteiger partial charge >= 0.3 is 0 Å². The summed E-state index contributed by atoms with van der Waals surface area (Å²) in [6.07, 6.45) is 5.04. The van der Waals surface area contributed by atoms with Gasteiger partial charge in [-0.1, -0.05) is 6.07 Å². The lowest BCUT2D eigenvalue weighted by Crippen LogP contribution is -2.49. The summed E-state index contributed by atoms with van der Waals surface area (Å²) in [4.78, 5) is 30.6. The third-order valence-corrected chi connectivity index (χ3v) is 6.69. The average molecular weight is 454 g/mol. The van der Waals surface area contributed by atoms with Crippen molar-refractivity contribution in [2.75, 3.05) is 51.0 Å². The molecule has 3 aromatic rings. The van der Waals surface area contributed by atoms with Crippen molar-refractivity contribution in [1.82, 2.24) is 19.9 Å². The monoisotopic (exact) mass is 454 g/mol. The van der Waals surface area contributed by atoms with Crippen molar-refractivity contribution in [3.8, 4) is 17.3 Å². The van der Waals surface area contributed by atoms with Gasteiger partial charge in [0.05, 0.1) is 49.2 Å². The summed E-state index contributed by atoms with van der Waals surface area (Å²) in [6, 6.07) is 11.4. The second-order valence-electron chi connectivity index (χ2n) is 8.81. The van der Waals surface area contributed by atoms with E-state index < -0.39 is 0 Å². The predicted octanol–water partition coefficient (Wildman–Crippen LogP) is 2.30. The number of hydrogen-bond donors (Lipinski definition) is 0. The SMILES string of the molecule is N#Cc1ccnc(-c2cnc(N3CC4(COC4)c4ccc(C(=O)N5CCOCC5)cc43)nc2)c1. The summed E-state index contributed by atoms with van der Waals surface area (Å²) >= 11 is 0. The van der Waals surface area contributed by atoms with Gasteiger partial charge in [0, 0.05) is 55.0 Å². The number of pyridine rings is 1. The Morgan fingerprint density at radius 3 is 2.53 bits per heavy atom. The van der Waals surface area contributed by atoms with Crippen molar-refractivity contribution in [2.24, 2.45) is 0 Å². The van der Waals surface area contributed by atoms with Crippen LogP contribution in [-0.2, 0) is 14.9 Å². The Labute approximate surface area is 196 Å². The van der Waals surface area contributed by atoms with Crippen LogP contribution < -0.4 is 4.90 Å². The summed E-state index contributed by atoms with van der Waals surface area (Å²) in [6.45, 7) is 4.29. The number of morpholine rings is 1. The van der Waals surface area contributed by atoms with Gasteiger partial charge in [-0.2, -0.15) is 5.26 Å². The van der Waals surface area contributed by atoms with Crippen LogP contribution in [0, 0.1) is 11.3 Å². The number of nitrogens with zero attached hydrogens (tertiary/aromatic N) is 6. The smallest absolute Gasteiger partial charge is 0.254 e. The minimum absolute atomic E-state index is 0.0107. The Hall–Kier alpha value is -3.87. The maximum absolute atomic E-state index is 13.1. The van der Waals surface area contributed by atoms with E-state index >= 15 is 0 Å². The molecule has 0 N–H and O–H groups in total. The average Bonchev–Trinajstić information content (AvgIpc) is 3.24. The number of fused-ring (bicyclic) bond motifs is 2. The Morgan fingerprint density at radius 1 is 1.03 bits per heavy atom. The Balaban J connectivity index is 1.33. The first kappa shape index (κ1) is 20.7. The van der Waals surface area contributed by atoms with E-state index in [0.29, 0.717) is 68.8 Å². The molecule has 2 saturated heterocycles. The van der Waals surface area contributed by atoms with Crippen molar-refractivity contribution in [1.29, 1.82) is 5.26 Å². The number of carbonyl (C=O) groups excluding carboxylic acids is 1. The second-order valence-corrected chi connectivity index (χ2v) is 8.81. The first-order chi connectivity index (χ1) is 16.7. The number of amides is 1. The molecule has 1 spiro atoms. The molecule has 34 heavy (non-hydrogen) atoms. The number of benzene rings is 1.